The second kappa shape index (κ2) is 12.4. The molecule has 0 amide bonds. The fourth-order valence-electron chi connectivity index (χ4n) is 0.503. The molecule has 0 aliphatic carbocycles. The van der Waals surface area contributed by atoms with Crippen LogP contribution in [0.3, 0.4) is 0 Å². The lowest BCUT2D eigenvalue weighted by Gasteiger charge is -1.84. The third-order valence-electron chi connectivity index (χ3n) is 0.951. The average molecular weight is 168 g/mol. The molecule has 0 radical (unpaired) electrons. The van der Waals surface area contributed by atoms with Crippen molar-refractivity contribution in [1.29, 1.82) is 0 Å². The number of benzene rings is 1. The van der Waals surface area contributed by atoms with E-state index in [9.17, 15) is 0 Å². The van der Waals surface area contributed by atoms with Gasteiger partial charge in [-0.05, 0) is 6.92 Å². The van der Waals surface area contributed by atoms with Gasteiger partial charge in [0, 0.05) is 0 Å². The van der Waals surface area contributed by atoms with Crippen LogP contribution in [0.2, 0.25) is 0 Å². The minimum atomic E-state index is 0. The summed E-state index contributed by atoms with van der Waals surface area (Å²) < 4.78 is 4.60. The standard InChI is InChI=1S/C6H6.C4H8O.H2O/c1-2-4-6-5-3-1;1-3-5-4-2;/h1-6H;3H,1,4H2,2H3;1H2. The predicted molar refractivity (Wildman–Crippen MR) is 51.9 cm³/mol. The van der Waals surface area contributed by atoms with E-state index in [1.165, 1.54) is 6.26 Å². The summed E-state index contributed by atoms with van der Waals surface area (Å²) in [6.07, 6.45) is 1.43. The van der Waals surface area contributed by atoms with Crippen LogP contribution >= 0.6 is 0 Å². The van der Waals surface area contributed by atoms with Gasteiger partial charge in [-0.25, -0.2) is 0 Å². The van der Waals surface area contributed by atoms with Crippen molar-refractivity contribution >= 4 is 0 Å². The van der Waals surface area contributed by atoms with E-state index in [2.05, 4.69) is 11.3 Å². The summed E-state index contributed by atoms with van der Waals surface area (Å²) >= 11 is 0. The Morgan fingerprint density at radius 1 is 1.08 bits per heavy atom. The molecule has 68 valence electrons. The second-order valence-electron chi connectivity index (χ2n) is 1.78. The maximum absolute atomic E-state index is 4.60. The van der Waals surface area contributed by atoms with Crippen LogP contribution < -0.4 is 0 Å². The zero-order valence-corrected chi connectivity index (χ0v) is 7.36. The molecule has 0 aromatic heterocycles. The summed E-state index contributed by atoms with van der Waals surface area (Å²) in [5.41, 5.74) is 0. The third kappa shape index (κ3) is 11.5. The van der Waals surface area contributed by atoms with E-state index in [1.807, 2.05) is 43.3 Å². The highest BCUT2D eigenvalue weighted by Gasteiger charge is 1.58. The van der Waals surface area contributed by atoms with Crippen LogP contribution in [0.25, 0.3) is 0 Å². The monoisotopic (exact) mass is 168 g/mol. The molecule has 0 atom stereocenters. The Hall–Kier alpha value is -1.28. The van der Waals surface area contributed by atoms with Crippen molar-refractivity contribution in [3.8, 4) is 0 Å². The first-order chi connectivity index (χ1) is 5.41. The topological polar surface area (TPSA) is 40.7 Å². The van der Waals surface area contributed by atoms with Crippen molar-refractivity contribution < 1.29 is 10.2 Å². The highest BCUT2D eigenvalue weighted by atomic mass is 16.5. The van der Waals surface area contributed by atoms with Gasteiger partial charge >= 0.3 is 0 Å². The highest BCUT2D eigenvalue weighted by Crippen LogP contribution is 1.79. The Balaban J connectivity index is 0. The molecule has 0 spiro atoms. The first kappa shape index (κ1) is 13.3. The lowest BCUT2D eigenvalue weighted by atomic mass is 10.4. The number of rotatable bonds is 2. The van der Waals surface area contributed by atoms with Crippen LogP contribution in [-0.2, 0) is 4.74 Å². The van der Waals surface area contributed by atoms with Gasteiger partial charge in [-0.3, -0.25) is 0 Å². The molecule has 0 fully saturated rings. The highest BCUT2D eigenvalue weighted by molar-refractivity contribution is 4.99. The normalized spacial score (nSPS) is 6.75. The Morgan fingerprint density at radius 2 is 1.42 bits per heavy atom. The van der Waals surface area contributed by atoms with Crippen LogP contribution in [0.15, 0.2) is 49.2 Å². The van der Waals surface area contributed by atoms with Crippen LogP contribution in [-0.4, -0.2) is 12.1 Å². The van der Waals surface area contributed by atoms with Crippen LogP contribution in [0.1, 0.15) is 6.92 Å². The van der Waals surface area contributed by atoms with Gasteiger partial charge in [0.25, 0.3) is 0 Å². The lowest BCUT2D eigenvalue weighted by molar-refractivity contribution is 0.270. The largest absolute Gasteiger partial charge is 0.502 e. The Labute approximate surface area is 73.8 Å². The number of hydrogen-bond acceptors (Lipinski definition) is 1. The van der Waals surface area contributed by atoms with E-state index in [1.54, 1.807) is 0 Å². The van der Waals surface area contributed by atoms with Crippen molar-refractivity contribution in [2.75, 3.05) is 6.61 Å². The predicted octanol–water partition coefficient (Wildman–Crippen LogP) is 2.03. The van der Waals surface area contributed by atoms with E-state index >= 15 is 0 Å². The minimum Gasteiger partial charge on any atom is -0.502 e. The Bertz CT molecular complexity index is 134. The summed E-state index contributed by atoms with van der Waals surface area (Å²) in [6, 6.07) is 12.0. The van der Waals surface area contributed by atoms with Gasteiger partial charge in [0.15, 0.2) is 0 Å². The zero-order valence-electron chi connectivity index (χ0n) is 7.36. The van der Waals surface area contributed by atoms with Gasteiger partial charge in [-0.15, -0.1) is 0 Å². The maximum Gasteiger partial charge on any atom is 0.0844 e. The number of hydrogen-bond donors (Lipinski definition) is 0. The Kier molecular flexibility index (Phi) is 13.8. The number of ether oxygens (including phenoxy) is 1. The summed E-state index contributed by atoms with van der Waals surface area (Å²) in [7, 11) is 0. The molecule has 0 bridgehead atoms. The molecule has 2 nitrogen and oxygen atoms in total. The molecule has 12 heavy (non-hydrogen) atoms. The van der Waals surface area contributed by atoms with Gasteiger partial charge in [-0.1, -0.05) is 43.0 Å². The van der Waals surface area contributed by atoms with Crippen LogP contribution in [0, 0.1) is 0 Å². The molecule has 0 heterocycles. The average Bonchev–Trinajstić information content (AvgIpc) is 2.10. The van der Waals surface area contributed by atoms with Gasteiger partial charge in [0.1, 0.15) is 0 Å². The lowest BCUT2D eigenvalue weighted by Crippen LogP contribution is -1.72. The van der Waals surface area contributed by atoms with Gasteiger partial charge < -0.3 is 10.2 Å². The van der Waals surface area contributed by atoms with Crippen LogP contribution in [0.5, 0.6) is 0 Å². The van der Waals surface area contributed by atoms with Crippen molar-refractivity contribution in [3.05, 3.63) is 49.2 Å². The zero-order chi connectivity index (χ0) is 8.36. The van der Waals surface area contributed by atoms with E-state index in [4.69, 9.17) is 0 Å². The van der Waals surface area contributed by atoms with Crippen LogP contribution in [0.4, 0.5) is 0 Å². The first-order valence-corrected chi connectivity index (χ1v) is 3.64. The van der Waals surface area contributed by atoms with Gasteiger partial charge in [0.05, 0.1) is 12.9 Å². The summed E-state index contributed by atoms with van der Waals surface area (Å²) in [5, 5.41) is 0. The van der Waals surface area contributed by atoms with E-state index in [0.717, 1.165) is 6.61 Å². The molecule has 1 aromatic rings. The first-order valence-electron chi connectivity index (χ1n) is 3.64. The molecule has 2 N–H and O–H groups in total. The SMILES string of the molecule is C=COCC.O.c1ccccc1. The molecule has 1 rings (SSSR count). The summed E-state index contributed by atoms with van der Waals surface area (Å²) in [6.45, 7) is 5.97. The van der Waals surface area contributed by atoms with E-state index in [-0.39, 0.29) is 5.48 Å². The summed E-state index contributed by atoms with van der Waals surface area (Å²) in [4.78, 5) is 0. The molecule has 2 heteroatoms. The fraction of sp³-hybridized carbons (Fsp3) is 0.200. The minimum absolute atomic E-state index is 0. The Morgan fingerprint density at radius 3 is 1.50 bits per heavy atom. The van der Waals surface area contributed by atoms with Crippen molar-refractivity contribution in [3.63, 3.8) is 0 Å². The van der Waals surface area contributed by atoms with Crippen molar-refractivity contribution in [1.82, 2.24) is 0 Å². The molecule has 0 saturated carbocycles. The van der Waals surface area contributed by atoms with Gasteiger partial charge in [-0.2, -0.15) is 0 Å². The second-order valence-corrected chi connectivity index (χ2v) is 1.78. The maximum atomic E-state index is 4.60. The molecular formula is C10H16O2. The molecule has 0 unspecified atom stereocenters. The fourth-order valence-corrected chi connectivity index (χ4v) is 0.503. The smallest absolute Gasteiger partial charge is 0.0844 e. The molecule has 0 aliphatic heterocycles. The molecule has 1 aromatic carbocycles. The molecule has 0 aliphatic rings. The summed E-state index contributed by atoms with van der Waals surface area (Å²) in [5.74, 6) is 0. The molecule has 0 saturated heterocycles. The third-order valence-corrected chi connectivity index (χ3v) is 0.951. The van der Waals surface area contributed by atoms with Crippen molar-refractivity contribution in [2.24, 2.45) is 0 Å². The van der Waals surface area contributed by atoms with E-state index < -0.39 is 0 Å². The van der Waals surface area contributed by atoms with Gasteiger partial charge in [0.2, 0.25) is 0 Å². The molecular weight excluding hydrogens is 152 g/mol. The quantitative estimate of drug-likeness (QED) is 0.623. The van der Waals surface area contributed by atoms with E-state index in [0.29, 0.717) is 0 Å². The van der Waals surface area contributed by atoms with Crippen molar-refractivity contribution in [2.45, 2.75) is 6.92 Å².